The summed E-state index contributed by atoms with van der Waals surface area (Å²) in [6.45, 7) is 1.71. The van der Waals surface area contributed by atoms with Crippen molar-refractivity contribution in [3.63, 3.8) is 0 Å². The highest BCUT2D eigenvalue weighted by Crippen LogP contribution is 2.25. The van der Waals surface area contributed by atoms with Gasteiger partial charge < -0.3 is 15.5 Å². The van der Waals surface area contributed by atoms with E-state index in [4.69, 9.17) is 10.5 Å². The summed E-state index contributed by atoms with van der Waals surface area (Å²) < 4.78 is 18.7. The first-order valence-corrected chi connectivity index (χ1v) is 9.57. The van der Waals surface area contributed by atoms with Crippen LogP contribution in [0.1, 0.15) is 23.2 Å². The molecule has 31 heavy (non-hydrogen) atoms. The number of methoxy groups -OCH3 is 1. The Hall–Kier alpha value is -4.07. The van der Waals surface area contributed by atoms with Crippen LogP contribution >= 0.6 is 0 Å². The second-order valence-corrected chi connectivity index (χ2v) is 6.92. The Morgan fingerprint density at radius 3 is 2.87 bits per heavy atom. The average Bonchev–Trinajstić information content (AvgIpc) is 3.02. The summed E-state index contributed by atoms with van der Waals surface area (Å²) in [6.07, 6.45) is 3.54. The van der Waals surface area contributed by atoms with E-state index in [9.17, 15) is 9.18 Å². The smallest absolute Gasteiger partial charge is 0.193 e. The zero-order valence-corrected chi connectivity index (χ0v) is 17.0. The summed E-state index contributed by atoms with van der Waals surface area (Å²) >= 11 is 0. The number of aromatic nitrogens is 1. The van der Waals surface area contributed by atoms with Crippen molar-refractivity contribution >= 4 is 34.5 Å². The summed E-state index contributed by atoms with van der Waals surface area (Å²) in [5.41, 5.74) is 8.94. The fourth-order valence-corrected chi connectivity index (χ4v) is 3.28. The number of halogens is 1. The third kappa shape index (κ3) is 4.00. The molecule has 0 saturated carbocycles. The normalized spacial score (nSPS) is 14.2. The summed E-state index contributed by atoms with van der Waals surface area (Å²) in [4.78, 5) is 29.0. The van der Waals surface area contributed by atoms with E-state index in [1.165, 1.54) is 19.4 Å². The lowest BCUT2D eigenvalue weighted by Crippen LogP contribution is -2.23. The predicted octanol–water partition coefficient (Wildman–Crippen LogP) is 3.56. The van der Waals surface area contributed by atoms with Gasteiger partial charge in [-0.05, 0) is 37.3 Å². The third-order valence-corrected chi connectivity index (χ3v) is 4.94. The van der Waals surface area contributed by atoms with Crippen LogP contribution in [0.4, 0.5) is 4.39 Å². The molecular formula is C23H20FN5O2. The maximum atomic E-state index is 13.7. The number of aliphatic imine (C=N–C) groups is 3. The highest BCUT2D eigenvalue weighted by atomic mass is 19.1. The number of para-hydroxylation sites is 1. The number of fused-ring (bicyclic) bond motifs is 1. The molecule has 3 N–H and O–H groups in total. The van der Waals surface area contributed by atoms with Gasteiger partial charge in [0.05, 0.1) is 24.7 Å². The zero-order chi connectivity index (χ0) is 22.0. The van der Waals surface area contributed by atoms with Crippen molar-refractivity contribution in [3.05, 3.63) is 81.5 Å². The minimum absolute atomic E-state index is 0.0979. The first kappa shape index (κ1) is 20.2. The highest BCUT2D eigenvalue weighted by molar-refractivity contribution is 6.09. The molecule has 0 unspecified atom stereocenters. The molecule has 3 aromatic rings. The standard InChI is InChI=1S/C23H20FN5O2/c1-13-21(28-17-6-4-3-5-15(17)22(13)30)23(25)29-20-9-10-26-18(12-27-20)14-7-8-16(24)19(11-14)31-2/h3-8,10-12H,9H2,1-2H3,(H,28,30)(H2,25,27,29). The van der Waals surface area contributed by atoms with E-state index in [0.717, 1.165) is 0 Å². The van der Waals surface area contributed by atoms with E-state index in [1.807, 2.05) is 18.2 Å². The minimum atomic E-state index is -0.453. The van der Waals surface area contributed by atoms with Crippen LogP contribution in [0, 0.1) is 12.7 Å². The van der Waals surface area contributed by atoms with Gasteiger partial charge in [0.1, 0.15) is 11.7 Å². The molecule has 0 aliphatic carbocycles. The quantitative estimate of drug-likeness (QED) is 0.503. The zero-order valence-electron chi connectivity index (χ0n) is 17.0. The molecule has 8 heteroatoms. The molecule has 0 spiro atoms. The molecule has 1 aromatic heterocycles. The maximum Gasteiger partial charge on any atom is 0.193 e. The topological polar surface area (TPSA) is 105 Å². The Morgan fingerprint density at radius 2 is 2.06 bits per heavy atom. The van der Waals surface area contributed by atoms with Gasteiger partial charge in [0.25, 0.3) is 0 Å². The van der Waals surface area contributed by atoms with Crippen molar-refractivity contribution in [2.75, 3.05) is 7.11 Å². The van der Waals surface area contributed by atoms with Crippen LogP contribution in [-0.2, 0) is 0 Å². The first-order chi connectivity index (χ1) is 15.0. The van der Waals surface area contributed by atoms with Crippen molar-refractivity contribution in [2.45, 2.75) is 13.3 Å². The fraction of sp³-hybridized carbons (Fsp3) is 0.130. The molecule has 1 aliphatic rings. The minimum Gasteiger partial charge on any atom is -0.494 e. The molecule has 4 rings (SSSR count). The van der Waals surface area contributed by atoms with Crippen molar-refractivity contribution in [1.82, 2.24) is 4.98 Å². The van der Waals surface area contributed by atoms with Crippen LogP contribution < -0.4 is 15.9 Å². The lowest BCUT2D eigenvalue weighted by Gasteiger charge is -2.08. The Labute approximate surface area is 177 Å². The molecule has 2 heterocycles. The summed E-state index contributed by atoms with van der Waals surface area (Å²) in [6, 6.07) is 11.7. The van der Waals surface area contributed by atoms with Gasteiger partial charge in [-0.2, -0.15) is 0 Å². The largest absolute Gasteiger partial charge is 0.494 e. The molecule has 0 fully saturated rings. The molecular weight excluding hydrogens is 397 g/mol. The number of ether oxygens (including phenoxy) is 1. The van der Waals surface area contributed by atoms with Gasteiger partial charge in [0.2, 0.25) is 0 Å². The van der Waals surface area contributed by atoms with Gasteiger partial charge in [-0.3, -0.25) is 9.79 Å². The second kappa shape index (κ2) is 8.35. The molecule has 7 nitrogen and oxygen atoms in total. The van der Waals surface area contributed by atoms with E-state index < -0.39 is 5.82 Å². The van der Waals surface area contributed by atoms with Gasteiger partial charge in [-0.25, -0.2) is 14.4 Å². The second-order valence-electron chi connectivity index (χ2n) is 6.92. The Balaban J connectivity index is 1.69. The van der Waals surface area contributed by atoms with Crippen LogP contribution in [0.5, 0.6) is 5.75 Å². The molecule has 0 amide bonds. The van der Waals surface area contributed by atoms with Crippen LogP contribution in [-0.4, -0.2) is 30.0 Å². The van der Waals surface area contributed by atoms with E-state index in [0.29, 0.717) is 45.7 Å². The van der Waals surface area contributed by atoms with Gasteiger partial charge in [-0.15, -0.1) is 0 Å². The third-order valence-electron chi connectivity index (χ3n) is 4.94. The van der Waals surface area contributed by atoms with Crippen molar-refractivity contribution < 1.29 is 9.13 Å². The fourth-order valence-electron chi connectivity index (χ4n) is 3.28. The molecule has 156 valence electrons. The van der Waals surface area contributed by atoms with E-state index in [-0.39, 0.29) is 17.0 Å². The summed E-state index contributed by atoms with van der Waals surface area (Å²) in [5.74, 6) is 0.261. The van der Waals surface area contributed by atoms with Crippen molar-refractivity contribution in [3.8, 4) is 5.75 Å². The number of rotatable bonds is 3. The Morgan fingerprint density at radius 1 is 1.26 bits per heavy atom. The molecule has 0 radical (unpaired) electrons. The SMILES string of the molecule is COc1cc(C2=CN=C(N=C(N)c3[nH]c4ccccc4c(=O)c3C)CC=N2)ccc1F. The first-order valence-electron chi connectivity index (χ1n) is 9.57. The molecule has 0 bridgehead atoms. The van der Waals surface area contributed by atoms with Crippen LogP contribution in [0.2, 0.25) is 0 Å². The van der Waals surface area contributed by atoms with Crippen LogP contribution in [0.3, 0.4) is 0 Å². The number of nitrogens with zero attached hydrogens (tertiary/aromatic N) is 3. The molecule has 0 saturated heterocycles. The molecule has 1 aliphatic heterocycles. The molecule has 2 aromatic carbocycles. The number of hydrogen-bond donors (Lipinski definition) is 2. The van der Waals surface area contributed by atoms with E-state index in [2.05, 4.69) is 20.0 Å². The number of nitrogens with one attached hydrogen (secondary N) is 1. The summed E-state index contributed by atoms with van der Waals surface area (Å²) in [7, 11) is 1.40. The maximum absolute atomic E-state index is 13.7. The highest BCUT2D eigenvalue weighted by Gasteiger charge is 2.13. The van der Waals surface area contributed by atoms with Gasteiger partial charge >= 0.3 is 0 Å². The van der Waals surface area contributed by atoms with Gasteiger partial charge in [0, 0.05) is 34.7 Å². The van der Waals surface area contributed by atoms with Crippen LogP contribution in [0.25, 0.3) is 16.6 Å². The van der Waals surface area contributed by atoms with Gasteiger partial charge in [0.15, 0.2) is 17.0 Å². The lowest BCUT2D eigenvalue weighted by atomic mass is 10.1. The number of benzene rings is 2. The van der Waals surface area contributed by atoms with E-state index >= 15 is 0 Å². The predicted molar refractivity (Wildman–Crippen MR) is 122 cm³/mol. The number of H-pyrrole nitrogens is 1. The monoisotopic (exact) mass is 417 g/mol. The van der Waals surface area contributed by atoms with E-state index in [1.54, 1.807) is 31.3 Å². The lowest BCUT2D eigenvalue weighted by molar-refractivity contribution is 0.386. The summed E-state index contributed by atoms with van der Waals surface area (Å²) in [5, 5.41) is 0.595. The van der Waals surface area contributed by atoms with Crippen LogP contribution in [0.15, 0.2) is 68.4 Å². The average molecular weight is 417 g/mol. The number of nitrogens with two attached hydrogens (primary N) is 1. The Bertz CT molecular complexity index is 1350. The van der Waals surface area contributed by atoms with Crippen molar-refractivity contribution in [1.29, 1.82) is 0 Å². The number of aromatic amines is 1. The Kier molecular flexibility index (Phi) is 5.44. The number of hydrogen-bond acceptors (Lipinski definition) is 5. The van der Waals surface area contributed by atoms with Gasteiger partial charge in [-0.1, -0.05) is 12.1 Å². The number of amidine groups is 2. The number of pyridine rings is 1. The van der Waals surface area contributed by atoms with Crippen molar-refractivity contribution in [2.24, 2.45) is 20.7 Å². The molecule has 0 atom stereocenters.